The number of rotatable bonds is 6. The highest BCUT2D eigenvalue weighted by molar-refractivity contribution is 5.88. The molecule has 0 saturated heterocycles. The third-order valence-electron chi connectivity index (χ3n) is 5.83. The maximum atomic E-state index is 12.8. The molecule has 150 valence electrons. The van der Waals surface area contributed by atoms with Crippen molar-refractivity contribution in [2.45, 2.75) is 90.8 Å². The summed E-state index contributed by atoms with van der Waals surface area (Å²) in [6.07, 6.45) is 9.72. The summed E-state index contributed by atoms with van der Waals surface area (Å²) in [5.74, 6) is 1.80. The van der Waals surface area contributed by atoms with E-state index in [1.54, 1.807) is 0 Å². The molecule has 3 rings (SSSR count). The second-order valence-electron chi connectivity index (χ2n) is 8.28. The van der Waals surface area contributed by atoms with Gasteiger partial charge in [-0.05, 0) is 31.6 Å². The largest absolute Gasteiger partial charge is 0.347 e. The summed E-state index contributed by atoms with van der Waals surface area (Å²) in [7, 11) is 0. The van der Waals surface area contributed by atoms with Crippen LogP contribution in [0.15, 0.2) is 0 Å². The molecule has 0 radical (unpaired) electrons. The Balaban J connectivity index is 1.57. The number of hydrogen-bond acceptors (Lipinski definition) is 4. The molecule has 0 unspecified atom stereocenters. The van der Waals surface area contributed by atoms with Crippen LogP contribution in [0.5, 0.6) is 0 Å². The lowest BCUT2D eigenvalue weighted by Gasteiger charge is -2.26. The first kappa shape index (κ1) is 19.8. The zero-order chi connectivity index (χ0) is 19.2. The van der Waals surface area contributed by atoms with Crippen LogP contribution < -0.4 is 10.6 Å². The van der Waals surface area contributed by atoms with E-state index in [9.17, 15) is 9.59 Å². The van der Waals surface area contributed by atoms with Gasteiger partial charge in [0.1, 0.15) is 11.9 Å². The third kappa shape index (κ3) is 5.08. The highest BCUT2D eigenvalue weighted by Gasteiger charge is 2.28. The van der Waals surface area contributed by atoms with Gasteiger partial charge in [0.15, 0.2) is 5.82 Å². The Bertz CT molecular complexity index is 649. The summed E-state index contributed by atoms with van der Waals surface area (Å²) in [5, 5.41) is 14.5. The lowest BCUT2D eigenvalue weighted by Crippen LogP contribution is -2.51. The zero-order valence-corrected chi connectivity index (χ0v) is 16.7. The minimum absolute atomic E-state index is 0.0277. The summed E-state index contributed by atoms with van der Waals surface area (Å²) >= 11 is 0. The number of carbonyl (C=O) groups is 2. The first-order valence-electron chi connectivity index (χ1n) is 10.6. The van der Waals surface area contributed by atoms with Crippen LogP contribution in [0.4, 0.5) is 0 Å². The average Bonchev–Trinajstić information content (AvgIpc) is 2.90. The number of nitrogens with zero attached hydrogens (tertiary/aromatic N) is 3. The normalized spacial score (nSPS) is 19.2. The zero-order valence-electron chi connectivity index (χ0n) is 16.7. The summed E-state index contributed by atoms with van der Waals surface area (Å²) in [4.78, 5) is 25.3. The van der Waals surface area contributed by atoms with Gasteiger partial charge in [-0.3, -0.25) is 9.59 Å². The molecule has 2 aliphatic rings. The van der Waals surface area contributed by atoms with Crippen LogP contribution in [-0.2, 0) is 29.1 Å². The van der Waals surface area contributed by atoms with Crippen LogP contribution in [0.25, 0.3) is 0 Å². The van der Waals surface area contributed by atoms with E-state index < -0.39 is 6.04 Å². The fourth-order valence-corrected chi connectivity index (χ4v) is 4.12. The second kappa shape index (κ2) is 9.33. The fraction of sp³-hybridized carbons (Fsp3) is 0.800. The molecule has 0 spiro atoms. The van der Waals surface area contributed by atoms with Crippen molar-refractivity contribution in [2.75, 3.05) is 0 Å². The van der Waals surface area contributed by atoms with Crippen molar-refractivity contribution < 1.29 is 9.59 Å². The van der Waals surface area contributed by atoms with Crippen LogP contribution in [-0.4, -0.2) is 32.6 Å². The lowest BCUT2D eigenvalue weighted by atomic mass is 9.88. The Morgan fingerprint density at radius 1 is 1.07 bits per heavy atom. The number of aryl methyl sites for hydroxylation is 1. The van der Waals surface area contributed by atoms with Gasteiger partial charge in [0.05, 0.1) is 6.54 Å². The average molecular weight is 376 g/mol. The Morgan fingerprint density at radius 3 is 2.56 bits per heavy atom. The van der Waals surface area contributed by atoms with Crippen LogP contribution in [0.3, 0.4) is 0 Å². The first-order valence-corrected chi connectivity index (χ1v) is 10.6. The molecule has 1 aliphatic heterocycles. The van der Waals surface area contributed by atoms with Crippen molar-refractivity contribution in [2.24, 2.45) is 11.8 Å². The van der Waals surface area contributed by atoms with Gasteiger partial charge in [-0.2, -0.15) is 0 Å². The maximum absolute atomic E-state index is 12.8. The molecule has 1 aromatic rings. The van der Waals surface area contributed by atoms with Gasteiger partial charge >= 0.3 is 0 Å². The van der Waals surface area contributed by atoms with E-state index in [-0.39, 0.29) is 23.7 Å². The summed E-state index contributed by atoms with van der Waals surface area (Å²) in [5.41, 5.74) is 0. The molecule has 2 heterocycles. The minimum atomic E-state index is -0.508. The molecular formula is C20H33N5O2. The molecule has 0 aromatic carbocycles. The van der Waals surface area contributed by atoms with Gasteiger partial charge < -0.3 is 15.2 Å². The Hall–Kier alpha value is -1.92. The molecule has 1 atom stereocenters. The molecule has 7 heteroatoms. The fourth-order valence-electron chi connectivity index (χ4n) is 4.12. The van der Waals surface area contributed by atoms with E-state index in [0.717, 1.165) is 63.1 Å². The Labute approximate surface area is 161 Å². The molecule has 1 aliphatic carbocycles. The van der Waals surface area contributed by atoms with Gasteiger partial charge in [-0.1, -0.05) is 39.5 Å². The number of aromatic nitrogens is 3. The van der Waals surface area contributed by atoms with Crippen molar-refractivity contribution >= 4 is 11.8 Å². The van der Waals surface area contributed by atoms with Gasteiger partial charge in [-0.15, -0.1) is 10.2 Å². The van der Waals surface area contributed by atoms with Crippen LogP contribution in [0, 0.1) is 11.8 Å². The van der Waals surface area contributed by atoms with Crippen molar-refractivity contribution in [3.05, 3.63) is 11.6 Å². The van der Waals surface area contributed by atoms with Crippen LogP contribution in [0.2, 0.25) is 0 Å². The Morgan fingerprint density at radius 2 is 1.81 bits per heavy atom. The monoisotopic (exact) mass is 375 g/mol. The predicted octanol–water partition coefficient (Wildman–Crippen LogP) is 2.34. The van der Waals surface area contributed by atoms with E-state index in [0.29, 0.717) is 6.54 Å². The first-order chi connectivity index (χ1) is 13.1. The molecular weight excluding hydrogens is 342 g/mol. The Kier molecular flexibility index (Phi) is 6.85. The molecule has 1 saturated carbocycles. The maximum Gasteiger partial charge on any atom is 0.243 e. The minimum Gasteiger partial charge on any atom is -0.347 e. The standard InChI is InChI=1S/C20H33N5O2/c1-14(2)18(22-19(26)15-9-5-3-6-10-15)20(27)21-13-17-24-23-16-11-7-4-8-12-25(16)17/h14-15,18H,3-13H2,1-2H3,(H,21,27)(H,22,26)/t18-/m0/s1. The number of amides is 2. The van der Waals surface area contributed by atoms with Crippen molar-refractivity contribution in [1.82, 2.24) is 25.4 Å². The van der Waals surface area contributed by atoms with Crippen molar-refractivity contribution in [3.63, 3.8) is 0 Å². The van der Waals surface area contributed by atoms with E-state index in [2.05, 4.69) is 25.4 Å². The second-order valence-corrected chi connectivity index (χ2v) is 8.28. The number of hydrogen-bond donors (Lipinski definition) is 2. The third-order valence-corrected chi connectivity index (χ3v) is 5.83. The molecule has 0 bridgehead atoms. The summed E-state index contributed by atoms with van der Waals surface area (Å²) < 4.78 is 2.14. The lowest BCUT2D eigenvalue weighted by molar-refractivity contribution is -0.132. The molecule has 1 fully saturated rings. The highest BCUT2D eigenvalue weighted by Crippen LogP contribution is 2.24. The van der Waals surface area contributed by atoms with Crippen molar-refractivity contribution in [3.8, 4) is 0 Å². The quantitative estimate of drug-likeness (QED) is 0.799. The summed E-state index contributed by atoms with van der Waals surface area (Å²) in [6.45, 7) is 5.21. The molecule has 2 amide bonds. The topological polar surface area (TPSA) is 88.9 Å². The molecule has 2 N–H and O–H groups in total. The number of nitrogens with one attached hydrogen (secondary N) is 2. The number of carbonyl (C=O) groups excluding carboxylic acids is 2. The van der Waals surface area contributed by atoms with Gasteiger partial charge in [0.25, 0.3) is 0 Å². The smallest absolute Gasteiger partial charge is 0.243 e. The van der Waals surface area contributed by atoms with E-state index in [4.69, 9.17) is 0 Å². The SMILES string of the molecule is CC(C)[C@H](NC(=O)C1CCCCC1)C(=O)NCc1nnc2n1CCCCC2. The van der Waals surface area contributed by atoms with E-state index in [1.165, 1.54) is 12.8 Å². The predicted molar refractivity (Wildman–Crippen MR) is 103 cm³/mol. The van der Waals surface area contributed by atoms with Gasteiger partial charge in [0, 0.05) is 18.9 Å². The van der Waals surface area contributed by atoms with Gasteiger partial charge in [-0.25, -0.2) is 0 Å². The van der Waals surface area contributed by atoms with Crippen LogP contribution in [0.1, 0.15) is 76.9 Å². The molecule has 1 aromatic heterocycles. The van der Waals surface area contributed by atoms with Crippen molar-refractivity contribution in [1.29, 1.82) is 0 Å². The van der Waals surface area contributed by atoms with E-state index >= 15 is 0 Å². The van der Waals surface area contributed by atoms with Gasteiger partial charge in [0.2, 0.25) is 11.8 Å². The highest BCUT2D eigenvalue weighted by atomic mass is 16.2. The summed E-state index contributed by atoms with van der Waals surface area (Å²) in [6, 6.07) is -0.508. The molecule has 27 heavy (non-hydrogen) atoms. The molecule has 7 nitrogen and oxygen atoms in total. The number of fused-ring (bicyclic) bond motifs is 1. The van der Waals surface area contributed by atoms with E-state index in [1.807, 2.05) is 13.8 Å². The van der Waals surface area contributed by atoms with Crippen LogP contribution >= 0.6 is 0 Å².